The van der Waals surface area contributed by atoms with Gasteiger partial charge in [0.2, 0.25) is 11.8 Å². The maximum Gasteiger partial charge on any atom is 0.319 e. The van der Waals surface area contributed by atoms with Crippen molar-refractivity contribution in [2.24, 2.45) is 11.3 Å². The predicted molar refractivity (Wildman–Crippen MR) is 142 cm³/mol. The molecule has 0 spiro atoms. The smallest absolute Gasteiger partial charge is 0.319 e. The fraction of sp³-hybridized carbons (Fsp3) is 0.769. The zero-order valence-corrected chi connectivity index (χ0v) is 23.5. The molecule has 2 heterocycles. The molecule has 2 rings (SSSR count). The summed E-state index contributed by atoms with van der Waals surface area (Å²) in [5, 5.41) is 12.1. The van der Waals surface area contributed by atoms with Crippen molar-refractivity contribution in [1.82, 2.24) is 24.9 Å². The first kappa shape index (κ1) is 32.5. The Labute approximate surface area is 221 Å². The molecule has 2 N–H and O–H groups in total. The summed E-state index contributed by atoms with van der Waals surface area (Å²) in [6.07, 6.45) is 0.638. The SMILES string of the molecule is C=C1CC(C(C)(C)C)C(=O)N1CCNC(=O)CN1CCN(CC(=O)O)CCN(CC(=O)OC)CC1.CC. The van der Waals surface area contributed by atoms with E-state index < -0.39 is 5.97 Å². The third-order valence-electron chi connectivity index (χ3n) is 6.59. The molecule has 11 nitrogen and oxygen atoms in total. The lowest BCUT2D eigenvalue weighted by molar-refractivity contribution is -0.142. The minimum Gasteiger partial charge on any atom is -0.480 e. The van der Waals surface area contributed by atoms with Gasteiger partial charge in [0.1, 0.15) is 0 Å². The molecule has 2 amide bonds. The fourth-order valence-corrected chi connectivity index (χ4v) is 4.38. The summed E-state index contributed by atoms with van der Waals surface area (Å²) in [7, 11) is 1.33. The highest BCUT2D eigenvalue weighted by molar-refractivity contribution is 5.84. The first-order valence-electron chi connectivity index (χ1n) is 13.1. The predicted octanol–water partition coefficient (Wildman–Crippen LogP) is 0.714. The van der Waals surface area contributed by atoms with Crippen molar-refractivity contribution >= 4 is 23.8 Å². The van der Waals surface area contributed by atoms with E-state index in [0.717, 1.165) is 5.70 Å². The van der Waals surface area contributed by atoms with Crippen LogP contribution >= 0.6 is 0 Å². The molecule has 2 aliphatic heterocycles. The summed E-state index contributed by atoms with van der Waals surface area (Å²) in [6, 6.07) is 0. The number of methoxy groups -OCH3 is 1. The maximum atomic E-state index is 12.8. The van der Waals surface area contributed by atoms with Crippen molar-refractivity contribution in [3.63, 3.8) is 0 Å². The number of ether oxygens (including phenoxy) is 1. The normalized spacial score (nSPS) is 20.4. The van der Waals surface area contributed by atoms with Gasteiger partial charge in [-0.05, 0) is 11.8 Å². The lowest BCUT2D eigenvalue weighted by Gasteiger charge is -2.26. The second-order valence-corrected chi connectivity index (χ2v) is 10.3. The highest BCUT2D eigenvalue weighted by Crippen LogP contribution is 2.38. The number of likely N-dealkylation sites (tertiary alicyclic amines) is 1. The number of esters is 1. The molecule has 11 heteroatoms. The maximum absolute atomic E-state index is 12.8. The molecule has 0 aromatic carbocycles. The van der Waals surface area contributed by atoms with Gasteiger partial charge in [0, 0.05) is 64.0 Å². The van der Waals surface area contributed by atoms with E-state index in [2.05, 4.69) is 11.9 Å². The Morgan fingerprint density at radius 2 is 1.46 bits per heavy atom. The molecule has 37 heavy (non-hydrogen) atoms. The van der Waals surface area contributed by atoms with Crippen LogP contribution in [0, 0.1) is 11.3 Å². The first-order valence-corrected chi connectivity index (χ1v) is 13.1. The third kappa shape index (κ3) is 11.2. The van der Waals surface area contributed by atoms with Crippen molar-refractivity contribution in [3.8, 4) is 0 Å². The number of carbonyl (C=O) groups excluding carboxylic acids is 3. The number of carbonyl (C=O) groups is 4. The van der Waals surface area contributed by atoms with Gasteiger partial charge in [0.15, 0.2) is 0 Å². The number of rotatable bonds is 9. The van der Waals surface area contributed by atoms with Crippen molar-refractivity contribution < 1.29 is 29.0 Å². The Bertz CT molecular complexity index is 797. The van der Waals surface area contributed by atoms with Crippen molar-refractivity contribution in [2.75, 3.05) is 79.1 Å². The second kappa shape index (κ2) is 15.7. The average Bonchev–Trinajstić information content (AvgIpc) is 3.16. The largest absolute Gasteiger partial charge is 0.480 e. The number of amides is 2. The molecule has 2 saturated heterocycles. The molecule has 0 aromatic heterocycles. The van der Waals surface area contributed by atoms with E-state index in [1.807, 2.05) is 44.4 Å². The standard InChI is InChI=1S/C24H41N5O6.C2H6/c1-18-14-19(24(2,3)4)23(34)29(18)7-6-25-20(30)15-26-8-10-27(16-21(31)32)11-13-28(12-9-26)17-22(33)35-5;1-2/h19H,1,6-17H2,2-5H3,(H,25,30)(H,31,32);1-2H3. The second-order valence-electron chi connectivity index (χ2n) is 10.3. The number of hydrogen-bond acceptors (Lipinski definition) is 8. The third-order valence-corrected chi connectivity index (χ3v) is 6.59. The Kier molecular flexibility index (Phi) is 13.8. The van der Waals surface area contributed by atoms with Crippen molar-refractivity contribution in [1.29, 1.82) is 0 Å². The van der Waals surface area contributed by atoms with E-state index >= 15 is 0 Å². The summed E-state index contributed by atoms with van der Waals surface area (Å²) in [5.41, 5.74) is 0.645. The van der Waals surface area contributed by atoms with E-state index in [0.29, 0.717) is 58.8 Å². The summed E-state index contributed by atoms with van der Waals surface area (Å²) in [6.45, 7) is 18.2. The average molecular weight is 526 g/mol. The van der Waals surface area contributed by atoms with Crippen LogP contribution in [-0.4, -0.2) is 128 Å². The lowest BCUT2D eigenvalue weighted by atomic mass is 9.79. The molecule has 1 atom stereocenters. The first-order chi connectivity index (χ1) is 17.4. The zero-order valence-electron chi connectivity index (χ0n) is 23.5. The summed E-state index contributed by atoms with van der Waals surface area (Å²) < 4.78 is 4.77. The van der Waals surface area contributed by atoms with Gasteiger partial charge < -0.3 is 20.1 Å². The Morgan fingerprint density at radius 1 is 0.973 bits per heavy atom. The van der Waals surface area contributed by atoms with Crippen LogP contribution in [0.15, 0.2) is 12.3 Å². The van der Waals surface area contributed by atoms with Crippen LogP contribution in [0.3, 0.4) is 0 Å². The van der Waals surface area contributed by atoms with Crippen LogP contribution < -0.4 is 5.32 Å². The number of nitrogens with zero attached hydrogens (tertiary/aromatic N) is 4. The van der Waals surface area contributed by atoms with Gasteiger partial charge in [0.25, 0.3) is 0 Å². The number of hydrogen-bond donors (Lipinski definition) is 2. The molecule has 0 bridgehead atoms. The molecule has 1 unspecified atom stereocenters. The molecule has 212 valence electrons. The van der Waals surface area contributed by atoms with E-state index in [4.69, 9.17) is 4.74 Å². The number of carboxylic acid groups (broad SMARTS) is 1. The molecule has 0 aliphatic carbocycles. The van der Waals surface area contributed by atoms with Crippen LogP contribution in [-0.2, 0) is 23.9 Å². The molecule has 0 saturated carbocycles. The van der Waals surface area contributed by atoms with Gasteiger partial charge in [-0.15, -0.1) is 0 Å². The highest BCUT2D eigenvalue weighted by Gasteiger charge is 2.41. The van der Waals surface area contributed by atoms with Crippen LogP contribution in [0.5, 0.6) is 0 Å². The quantitative estimate of drug-likeness (QED) is 0.419. The van der Waals surface area contributed by atoms with Gasteiger partial charge in [0.05, 0.1) is 26.7 Å². The molecule has 2 fully saturated rings. The molecule has 0 radical (unpaired) electrons. The van der Waals surface area contributed by atoms with Crippen LogP contribution in [0.1, 0.15) is 41.0 Å². The van der Waals surface area contributed by atoms with Gasteiger partial charge in [-0.3, -0.25) is 33.9 Å². The van der Waals surface area contributed by atoms with E-state index in [-0.39, 0.29) is 48.8 Å². The molecular formula is C26H47N5O6. The zero-order chi connectivity index (χ0) is 28.2. The van der Waals surface area contributed by atoms with Crippen molar-refractivity contribution in [3.05, 3.63) is 12.3 Å². The van der Waals surface area contributed by atoms with Gasteiger partial charge in [-0.25, -0.2) is 0 Å². The minimum atomic E-state index is -0.917. The van der Waals surface area contributed by atoms with E-state index in [9.17, 15) is 24.3 Å². The topological polar surface area (TPSA) is 123 Å². The Morgan fingerprint density at radius 3 is 1.89 bits per heavy atom. The number of nitrogens with one attached hydrogen (secondary N) is 1. The highest BCUT2D eigenvalue weighted by atomic mass is 16.5. The van der Waals surface area contributed by atoms with Gasteiger partial charge in [-0.2, -0.15) is 0 Å². The molecule has 0 aromatic rings. The van der Waals surface area contributed by atoms with Crippen molar-refractivity contribution in [2.45, 2.75) is 41.0 Å². The van der Waals surface area contributed by atoms with Crippen LogP contribution in [0.2, 0.25) is 0 Å². The van der Waals surface area contributed by atoms with Gasteiger partial charge in [-0.1, -0.05) is 41.2 Å². The Hall–Kier alpha value is -2.50. The van der Waals surface area contributed by atoms with Crippen LogP contribution in [0.25, 0.3) is 0 Å². The van der Waals surface area contributed by atoms with E-state index in [1.165, 1.54) is 7.11 Å². The molecular weight excluding hydrogens is 478 g/mol. The Balaban J connectivity index is 0.00000334. The van der Waals surface area contributed by atoms with E-state index in [1.54, 1.807) is 9.80 Å². The van der Waals surface area contributed by atoms with Gasteiger partial charge >= 0.3 is 11.9 Å². The molecule has 2 aliphatic rings. The number of aliphatic carboxylic acids is 1. The monoisotopic (exact) mass is 525 g/mol. The number of allylic oxidation sites excluding steroid dienone is 1. The lowest BCUT2D eigenvalue weighted by Crippen LogP contribution is -2.45. The van der Waals surface area contributed by atoms with Crippen LogP contribution in [0.4, 0.5) is 0 Å². The fourth-order valence-electron chi connectivity index (χ4n) is 4.38. The minimum absolute atomic E-state index is 0.0565. The number of carboxylic acids is 1. The summed E-state index contributed by atoms with van der Waals surface area (Å²) >= 11 is 0. The summed E-state index contributed by atoms with van der Waals surface area (Å²) in [5.74, 6) is -1.48. The summed E-state index contributed by atoms with van der Waals surface area (Å²) in [4.78, 5) is 55.7.